The van der Waals surface area contributed by atoms with Crippen LogP contribution in [0.1, 0.15) is 23.6 Å². The molecule has 0 aliphatic rings. The first-order valence-corrected chi connectivity index (χ1v) is 6.32. The summed E-state index contributed by atoms with van der Waals surface area (Å²) in [5, 5.41) is 0. The SMILES string of the molecule is CCc1cccc([C](=[Ti+2])c2ccccc2)c1. The van der Waals surface area contributed by atoms with E-state index in [1.165, 1.54) is 20.5 Å². The van der Waals surface area contributed by atoms with Crippen molar-refractivity contribution < 1.29 is 20.0 Å². The molecule has 0 aliphatic heterocycles. The van der Waals surface area contributed by atoms with Crippen molar-refractivity contribution in [2.45, 2.75) is 13.3 Å². The Kier molecular flexibility index (Phi) is 3.87. The molecular weight excluding hydrogens is 228 g/mol. The summed E-state index contributed by atoms with van der Waals surface area (Å²) in [5.74, 6) is 0. The van der Waals surface area contributed by atoms with Crippen LogP contribution >= 0.6 is 0 Å². The Balaban J connectivity index is 2.34. The molecule has 0 N–H and O–H groups in total. The molecule has 2 rings (SSSR count). The summed E-state index contributed by atoms with van der Waals surface area (Å²) >= 11 is 2.18. The summed E-state index contributed by atoms with van der Waals surface area (Å²) in [5.41, 5.74) is 4.02. The van der Waals surface area contributed by atoms with Gasteiger partial charge in [-0.05, 0) is 0 Å². The van der Waals surface area contributed by atoms with Crippen molar-refractivity contribution in [1.29, 1.82) is 0 Å². The normalized spacial score (nSPS) is 10.2. The van der Waals surface area contributed by atoms with Gasteiger partial charge in [0.15, 0.2) is 0 Å². The molecule has 1 heteroatoms. The molecule has 0 aliphatic carbocycles. The molecule has 2 aromatic rings. The maximum atomic E-state index is 2.28. The van der Waals surface area contributed by atoms with Crippen LogP contribution in [0.15, 0.2) is 54.6 Å². The van der Waals surface area contributed by atoms with Gasteiger partial charge in [0.2, 0.25) is 0 Å². The van der Waals surface area contributed by atoms with E-state index in [4.69, 9.17) is 0 Å². The molecule has 0 nitrogen and oxygen atoms in total. The maximum absolute atomic E-state index is 2.28. The van der Waals surface area contributed by atoms with Crippen LogP contribution < -0.4 is 0 Å². The third-order valence-electron chi connectivity index (χ3n) is 2.69. The second-order valence-corrected chi connectivity index (χ2v) is 4.58. The third kappa shape index (κ3) is 2.58. The van der Waals surface area contributed by atoms with Gasteiger partial charge in [0.05, 0.1) is 0 Å². The zero-order valence-electron chi connectivity index (χ0n) is 9.40. The third-order valence-corrected chi connectivity index (χ3v) is 3.59. The van der Waals surface area contributed by atoms with Crippen molar-refractivity contribution in [3.05, 3.63) is 71.3 Å². The molecule has 0 unspecified atom stereocenters. The first-order valence-electron chi connectivity index (χ1n) is 5.54. The van der Waals surface area contributed by atoms with Crippen LogP contribution in [-0.2, 0) is 26.4 Å². The first-order chi connectivity index (χ1) is 7.81. The molecule has 0 saturated heterocycles. The fraction of sp³-hybridized carbons (Fsp3) is 0.133. The summed E-state index contributed by atoms with van der Waals surface area (Å²) < 4.78 is 1.34. The zero-order chi connectivity index (χ0) is 11.4. The van der Waals surface area contributed by atoms with Crippen LogP contribution in [0.25, 0.3) is 0 Å². The van der Waals surface area contributed by atoms with E-state index in [1.54, 1.807) is 0 Å². The predicted molar refractivity (Wildman–Crippen MR) is 65.5 cm³/mol. The van der Waals surface area contributed by atoms with Crippen LogP contribution in [0.3, 0.4) is 0 Å². The summed E-state index contributed by atoms with van der Waals surface area (Å²) in [6.45, 7) is 2.19. The number of rotatable bonds is 3. The summed E-state index contributed by atoms with van der Waals surface area (Å²) in [7, 11) is 0. The van der Waals surface area contributed by atoms with Gasteiger partial charge >= 0.3 is 108 Å². The fourth-order valence-electron chi connectivity index (χ4n) is 1.72. The molecule has 2 aromatic carbocycles. The van der Waals surface area contributed by atoms with Crippen molar-refractivity contribution >= 4 is 3.81 Å². The minimum atomic E-state index is 1.09. The van der Waals surface area contributed by atoms with Crippen molar-refractivity contribution in [3.8, 4) is 0 Å². The van der Waals surface area contributed by atoms with E-state index < -0.39 is 0 Å². The Morgan fingerprint density at radius 3 is 2.31 bits per heavy atom. The quantitative estimate of drug-likeness (QED) is 0.724. The van der Waals surface area contributed by atoms with Gasteiger partial charge in [0.25, 0.3) is 0 Å². The number of hydrogen-bond acceptors (Lipinski definition) is 0. The molecule has 0 aromatic heterocycles. The minimum absolute atomic E-state index is 1.09. The molecular formula is C15H14Ti+2. The fourth-order valence-corrected chi connectivity index (χ4v) is 2.22. The van der Waals surface area contributed by atoms with E-state index in [2.05, 4.69) is 81.5 Å². The Labute approximate surface area is 108 Å². The predicted octanol–water partition coefficient (Wildman–Crippen LogP) is 3.36. The molecule has 0 saturated carbocycles. The van der Waals surface area contributed by atoms with E-state index in [1.807, 2.05) is 0 Å². The summed E-state index contributed by atoms with van der Waals surface area (Å²) in [6, 6.07) is 19.3. The number of benzene rings is 2. The van der Waals surface area contributed by atoms with Gasteiger partial charge in [0.1, 0.15) is 0 Å². The molecule has 76 valence electrons. The van der Waals surface area contributed by atoms with Gasteiger partial charge < -0.3 is 0 Å². The van der Waals surface area contributed by atoms with E-state index in [0.29, 0.717) is 0 Å². The van der Waals surface area contributed by atoms with E-state index in [0.717, 1.165) is 6.42 Å². The molecule has 0 amide bonds. The van der Waals surface area contributed by atoms with Crippen LogP contribution in [0.2, 0.25) is 0 Å². The van der Waals surface area contributed by atoms with Crippen LogP contribution in [0, 0.1) is 0 Å². The molecule has 0 spiro atoms. The van der Waals surface area contributed by atoms with Crippen LogP contribution in [0.5, 0.6) is 0 Å². The Morgan fingerprint density at radius 1 is 0.938 bits per heavy atom. The van der Waals surface area contributed by atoms with Crippen LogP contribution in [0.4, 0.5) is 0 Å². The molecule has 0 fully saturated rings. The Morgan fingerprint density at radius 2 is 1.62 bits per heavy atom. The van der Waals surface area contributed by atoms with Gasteiger partial charge in [-0.15, -0.1) is 0 Å². The molecule has 0 radical (unpaired) electrons. The van der Waals surface area contributed by atoms with E-state index in [-0.39, 0.29) is 0 Å². The van der Waals surface area contributed by atoms with Crippen molar-refractivity contribution in [2.24, 2.45) is 0 Å². The van der Waals surface area contributed by atoms with Gasteiger partial charge in [-0.2, -0.15) is 0 Å². The second-order valence-electron chi connectivity index (χ2n) is 3.79. The average Bonchev–Trinajstić information content (AvgIpc) is 2.39. The summed E-state index contributed by atoms with van der Waals surface area (Å²) in [4.78, 5) is 0. The van der Waals surface area contributed by atoms with Crippen molar-refractivity contribution in [1.82, 2.24) is 0 Å². The van der Waals surface area contributed by atoms with Gasteiger partial charge in [-0.3, -0.25) is 0 Å². The molecule has 16 heavy (non-hydrogen) atoms. The molecule has 0 atom stereocenters. The second kappa shape index (κ2) is 5.38. The van der Waals surface area contributed by atoms with E-state index in [9.17, 15) is 0 Å². The van der Waals surface area contributed by atoms with Gasteiger partial charge in [-0.25, -0.2) is 0 Å². The standard InChI is InChI=1S/C15H14.Ti/c1-2-13-9-6-10-15(11-13)12-14-7-4-3-5-8-14;/h3-11H,2H2,1H3;/q;+2. The molecule has 0 heterocycles. The Bertz CT molecular complexity index is 486. The monoisotopic (exact) mass is 242 g/mol. The van der Waals surface area contributed by atoms with E-state index >= 15 is 0 Å². The number of aryl methyl sites for hydroxylation is 1. The molecule has 0 bridgehead atoms. The van der Waals surface area contributed by atoms with Crippen LogP contribution in [-0.4, -0.2) is 3.81 Å². The first kappa shape index (κ1) is 11.5. The average molecular weight is 242 g/mol. The number of hydrogen-bond donors (Lipinski definition) is 0. The summed E-state index contributed by atoms with van der Waals surface area (Å²) in [6.07, 6.45) is 1.09. The van der Waals surface area contributed by atoms with Crippen molar-refractivity contribution in [3.63, 3.8) is 0 Å². The topological polar surface area (TPSA) is 0 Å². The van der Waals surface area contributed by atoms with Crippen molar-refractivity contribution in [2.75, 3.05) is 0 Å². The van der Waals surface area contributed by atoms with Gasteiger partial charge in [-0.1, -0.05) is 0 Å². The van der Waals surface area contributed by atoms with Gasteiger partial charge in [0, 0.05) is 0 Å². The zero-order valence-corrected chi connectivity index (χ0v) is 11.0. The Hall–Kier alpha value is -0.976.